The zero-order valence-corrected chi connectivity index (χ0v) is 11.8. The molecule has 2 fully saturated rings. The molecule has 1 heterocycles. The maximum atomic E-state index is 3.69. The number of likely N-dealkylation sites (N-methyl/N-ethyl adjacent to an activating group) is 2. The lowest BCUT2D eigenvalue weighted by atomic mass is 10.1. The van der Waals surface area contributed by atoms with Crippen LogP contribution in [0.3, 0.4) is 0 Å². The highest BCUT2D eigenvalue weighted by atomic mass is 15.3. The Balaban J connectivity index is 1.94. The van der Waals surface area contributed by atoms with Gasteiger partial charge in [-0.2, -0.15) is 0 Å². The van der Waals surface area contributed by atoms with Gasteiger partial charge in [-0.15, -0.1) is 0 Å². The first-order valence-corrected chi connectivity index (χ1v) is 7.36. The van der Waals surface area contributed by atoms with Crippen molar-refractivity contribution in [2.75, 3.05) is 33.7 Å². The molecule has 3 unspecified atom stereocenters. The van der Waals surface area contributed by atoms with E-state index < -0.39 is 0 Å². The molecule has 3 nitrogen and oxygen atoms in total. The molecule has 0 aromatic carbocycles. The van der Waals surface area contributed by atoms with E-state index in [1.807, 2.05) is 0 Å². The fourth-order valence-corrected chi connectivity index (χ4v) is 3.75. The van der Waals surface area contributed by atoms with E-state index in [0.717, 1.165) is 24.7 Å². The number of nitrogens with one attached hydrogen (secondary N) is 1. The average Bonchev–Trinajstić information content (AvgIpc) is 2.86. The lowest BCUT2D eigenvalue weighted by Gasteiger charge is -2.35. The monoisotopic (exact) mass is 239 g/mol. The molecule has 0 aromatic heterocycles. The summed E-state index contributed by atoms with van der Waals surface area (Å²) in [6.07, 6.45) is 6.99. The van der Waals surface area contributed by atoms with Crippen LogP contribution in [0.25, 0.3) is 0 Å². The van der Waals surface area contributed by atoms with Crippen LogP contribution in [-0.4, -0.2) is 61.7 Å². The molecule has 1 saturated carbocycles. The summed E-state index contributed by atoms with van der Waals surface area (Å²) in [7, 11) is 4.40. The lowest BCUT2D eigenvalue weighted by molar-refractivity contribution is 0.136. The first kappa shape index (κ1) is 13.3. The summed E-state index contributed by atoms with van der Waals surface area (Å²) in [5, 5.41) is 3.69. The number of nitrogens with zero attached hydrogens (tertiary/aromatic N) is 2. The van der Waals surface area contributed by atoms with Gasteiger partial charge in [0.15, 0.2) is 0 Å². The molecule has 0 aromatic rings. The van der Waals surface area contributed by atoms with Gasteiger partial charge >= 0.3 is 0 Å². The van der Waals surface area contributed by atoms with Gasteiger partial charge in [0.05, 0.1) is 0 Å². The first-order valence-electron chi connectivity index (χ1n) is 7.36. The number of hydrogen-bond donors (Lipinski definition) is 1. The van der Waals surface area contributed by atoms with Crippen molar-refractivity contribution in [2.24, 2.45) is 0 Å². The Labute approximate surface area is 107 Å². The number of rotatable bonds is 5. The van der Waals surface area contributed by atoms with E-state index in [9.17, 15) is 0 Å². The van der Waals surface area contributed by atoms with Gasteiger partial charge in [0.2, 0.25) is 0 Å². The minimum Gasteiger partial charge on any atom is -0.313 e. The largest absolute Gasteiger partial charge is 0.313 e. The molecule has 0 bridgehead atoms. The van der Waals surface area contributed by atoms with Gasteiger partial charge < -0.3 is 10.2 Å². The summed E-state index contributed by atoms with van der Waals surface area (Å²) in [6.45, 7) is 5.91. The molecule has 0 radical (unpaired) electrons. The predicted molar refractivity (Wildman–Crippen MR) is 73.4 cm³/mol. The van der Waals surface area contributed by atoms with Gasteiger partial charge in [-0.05, 0) is 52.9 Å². The van der Waals surface area contributed by atoms with Crippen molar-refractivity contribution in [3.63, 3.8) is 0 Å². The highest BCUT2D eigenvalue weighted by Crippen LogP contribution is 2.30. The minimum atomic E-state index is 0.753. The average molecular weight is 239 g/mol. The van der Waals surface area contributed by atoms with Crippen molar-refractivity contribution in [1.82, 2.24) is 15.1 Å². The lowest BCUT2D eigenvalue weighted by Crippen LogP contribution is -2.50. The second-order valence-corrected chi connectivity index (χ2v) is 5.96. The predicted octanol–water partition coefficient (Wildman–Crippen LogP) is 1.54. The Morgan fingerprint density at radius 3 is 2.71 bits per heavy atom. The zero-order chi connectivity index (χ0) is 12.3. The molecule has 0 amide bonds. The molecule has 2 rings (SSSR count). The highest BCUT2D eigenvalue weighted by molar-refractivity contribution is 4.95. The SMILES string of the molecule is CCNC1CCCC1N1CCCC1CN(C)C. The van der Waals surface area contributed by atoms with Crippen LogP contribution in [0.2, 0.25) is 0 Å². The standard InChI is InChI=1S/C14H29N3/c1-4-15-13-8-5-9-14(13)17-10-6-7-12(17)11-16(2)3/h12-15H,4-11H2,1-3H3. The fraction of sp³-hybridized carbons (Fsp3) is 1.00. The van der Waals surface area contributed by atoms with Crippen molar-refractivity contribution in [3.05, 3.63) is 0 Å². The Morgan fingerprint density at radius 1 is 1.18 bits per heavy atom. The van der Waals surface area contributed by atoms with Crippen LogP contribution in [0.5, 0.6) is 0 Å². The third-order valence-electron chi connectivity index (χ3n) is 4.37. The molecule has 2 aliphatic rings. The smallest absolute Gasteiger partial charge is 0.0252 e. The first-order chi connectivity index (χ1) is 8.22. The van der Waals surface area contributed by atoms with Crippen LogP contribution in [0, 0.1) is 0 Å². The van der Waals surface area contributed by atoms with E-state index in [1.54, 1.807) is 0 Å². The summed E-state index contributed by atoms with van der Waals surface area (Å²) in [5.41, 5.74) is 0. The summed E-state index contributed by atoms with van der Waals surface area (Å²) >= 11 is 0. The van der Waals surface area contributed by atoms with E-state index in [0.29, 0.717) is 0 Å². The summed E-state index contributed by atoms with van der Waals surface area (Å²) in [5.74, 6) is 0. The normalized spacial score (nSPS) is 34.9. The minimum absolute atomic E-state index is 0.753. The topological polar surface area (TPSA) is 18.5 Å². The molecule has 100 valence electrons. The maximum Gasteiger partial charge on any atom is 0.0252 e. The van der Waals surface area contributed by atoms with Crippen LogP contribution in [-0.2, 0) is 0 Å². The van der Waals surface area contributed by atoms with Crippen LogP contribution in [0.1, 0.15) is 39.0 Å². The molecule has 1 saturated heterocycles. The van der Waals surface area contributed by atoms with Crippen LogP contribution in [0.15, 0.2) is 0 Å². The molecular formula is C14H29N3. The highest BCUT2D eigenvalue weighted by Gasteiger charge is 2.37. The van der Waals surface area contributed by atoms with E-state index in [-0.39, 0.29) is 0 Å². The van der Waals surface area contributed by atoms with E-state index in [2.05, 4.69) is 36.1 Å². The Hall–Kier alpha value is -0.120. The van der Waals surface area contributed by atoms with Crippen LogP contribution < -0.4 is 5.32 Å². The number of likely N-dealkylation sites (tertiary alicyclic amines) is 1. The maximum absolute atomic E-state index is 3.69. The van der Waals surface area contributed by atoms with Gasteiger partial charge in [-0.25, -0.2) is 0 Å². The summed E-state index contributed by atoms with van der Waals surface area (Å²) in [4.78, 5) is 5.15. The van der Waals surface area contributed by atoms with Gasteiger partial charge in [0.1, 0.15) is 0 Å². The second-order valence-electron chi connectivity index (χ2n) is 5.96. The zero-order valence-electron chi connectivity index (χ0n) is 11.8. The van der Waals surface area contributed by atoms with Crippen molar-refractivity contribution in [2.45, 2.75) is 57.2 Å². The van der Waals surface area contributed by atoms with E-state index in [1.165, 1.54) is 45.2 Å². The summed E-state index contributed by atoms with van der Waals surface area (Å²) < 4.78 is 0. The molecule has 17 heavy (non-hydrogen) atoms. The van der Waals surface area contributed by atoms with Gasteiger partial charge in [0, 0.05) is 24.7 Å². The number of hydrogen-bond acceptors (Lipinski definition) is 3. The van der Waals surface area contributed by atoms with E-state index in [4.69, 9.17) is 0 Å². The van der Waals surface area contributed by atoms with Crippen LogP contribution >= 0.6 is 0 Å². The van der Waals surface area contributed by atoms with Crippen molar-refractivity contribution in [3.8, 4) is 0 Å². The molecule has 1 aliphatic carbocycles. The molecule has 3 atom stereocenters. The molecular weight excluding hydrogens is 210 g/mol. The Morgan fingerprint density at radius 2 is 2.00 bits per heavy atom. The molecule has 3 heteroatoms. The van der Waals surface area contributed by atoms with Crippen molar-refractivity contribution in [1.29, 1.82) is 0 Å². The van der Waals surface area contributed by atoms with Gasteiger partial charge in [-0.3, -0.25) is 4.90 Å². The second kappa shape index (κ2) is 6.17. The van der Waals surface area contributed by atoms with Crippen molar-refractivity contribution >= 4 is 0 Å². The van der Waals surface area contributed by atoms with Crippen LogP contribution in [0.4, 0.5) is 0 Å². The third-order valence-corrected chi connectivity index (χ3v) is 4.37. The Kier molecular flexibility index (Phi) is 4.83. The summed E-state index contributed by atoms with van der Waals surface area (Å²) in [6, 6.07) is 2.36. The molecule has 0 spiro atoms. The van der Waals surface area contributed by atoms with Crippen molar-refractivity contribution < 1.29 is 0 Å². The third kappa shape index (κ3) is 3.21. The quantitative estimate of drug-likeness (QED) is 0.785. The molecule has 1 aliphatic heterocycles. The van der Waals surface area contributed by atoms with Gasteiger partial charge in [-0.1, -0.05) is 13.3 Å². The Bertz CT molecular complexity index is 230. The van der Waals surface area contributed by atoms with E-state index >= 15 is 0 Å². The fourth-order valence-electron chi connectivity index (χ4n) is 3.75. The molecule has 1 N–H and O–H groups in total. The van der Waals surface area contributed by atoms with Gasteiger partial charge in [0.25, 0.3) is 0 Å².